The van der Waals surface area contributed by atoms with Crippen LogP contribution < -0.4 is 14.2 Å². The number of aliphatic hydroxyl groups is 6. The van der Waals surface area contributed by atoms with Crippen LogP contribution >= 0.6 is 0 Å². The predicted octanol–water partition coefficient (Wildman–Crippen LogP) is -0.758. The van der Waals surface area contributed by atoms with Crippen molar-refractivity contribution in [2.45, 2.75) is 48.8 Å². The quantitative estimate of drug-likeness (QED) is 0.212. The van der Waals surface area contributed by atoms with E-state index in [0.29, 0.717) is 11.1 Å². The maximum absolute atomic E-state index is 11.5. The Morgan fingerprint density at radius 1 is 0.895 bits per heavy atom. The lowest BCUT2D eigenvalue weighted by molar-refractivity contribution is -0.277. The molecule has 0 unspecified atom stereocenters. The molecule has 0 radical (unpaired) electrons. The summed E-state index contributed by atoms with van der Waals surface area (Å²) < 4.78 is 27.6. The van der Waals surface area contributed by atoms with Gasteiger partial charge in [-0.15, -0.1) is 0 Å². The van der Waals surface area contributed by atoms with E-state index in [1.807, 2.05) is 0 Å². The average Bonchev–Trinajstić information content (AvgIpc) is 3.25. The summed E-state index contributed by atoms with van der Waals surface area (Å²) in [6.45, 7) is -1.01. The van der Waals surface area contributed by atoms with Crippen LogP contribution in [0.1, 0.15) is 17.2 Å². The zero-order valence-electron chi connectivity index (χ0n) is 21.0. The standard InChI is InChI=1S/C26H34O12/c1-34-18-8-14(4-5-16(18)29)24-15(10-27)26(33,12-36-24)9-13-3-6-17(19(7-13)35-2)37-25-23(32)22(31)21(30)20(11-28)38-25/h3-8,15,20-25,27-33H,9-12H2,1-2H3/t15-,20-,21-,22+,23-,24-,25-,26-/m1/s1. The van der Waals surface area contributed by atoms with Crippen molar-refractivity contribution in [2.75, 3.05) is 34.0 Å². The van der Waals surface area contributed by atoms with Crippen LogP contribution in [0, 0.1) is 5.92 Å². The minimum Gasteiger partial charge on any atom is -0.504 e. The summed E-state index contributed by atoms with van der Waals surface area (Å²) in [6, 6.07) is 9.51. The third kappa shape index (κ3) is 5.40. The Kier molecular flexibility index (Phi) is 8.65. The number of ether oxygens (including phenoxy) is 5. The topological polar surface area (TPSA) is 188 Å². The second-order valence-electron chi connectivity index (χ2n) is 9.53. The van der Waals surface area contributed by atoms with Gasteiger partial charge in [-0.2, -0.15) is 0 Å². The van der Waals surface area contributed by atoms with Gasteiger partial charge in [-0.25, -0.2) is 0 Å². The number of phenols is 1. The van der Waals surface area contributed by atoms with Crippen molar-refractivity contribution >= 4 is 0 Å². The highest BCUT2D eigenvalue weighted by atomic mass is 16.7. The highest BCUT2D eigenvalue weighted by Gasteiger charge is 2.49. The molecule has 2 saturated heterocycles. The molecule has 2 fully saturated rings. The van der Waals surface area contributed by atoms with Crippen molar-refractivity contribution in [2.24, 2.45) is 5.92 Å². The fourth-order valence-corrected chi connectivity index (χ4v) is 4.95. The molecule has 38 heavy (non-hydrogen) atoms. The van der Waals surface area contributed by atoms with E-state index in [2.05, 4.69) is 0 Å². The molecule has 2 aromatic carbocycles. The van der Waals surface area contributed by atoms with Gasteiger partial charge in [-0.05, 0) is 35.4 Å². The summed E-state index contributed by atoms with van der Waals surface area (Å²) >= 11 is 0. The minimum absolute atomic E-state index is 0.0387. The zero-order valence-corrected chi connectivity index (χ0v) is 21.0. The molecule has 4 rings (SSSR count). The van der Waals surface area contributed by atoms with Gasteiger partial charge in [0.2, 0.25) is 6.29 Å². The minimum atomic E-state index is -1.59. The Morgan fingerprint density at radius 3 is 2.29 bits per heavy atom. The zero-order chi connectivity index (χ0) is 27.6. The SMILES string of the molecule is COc1cc([C@H]2OC[C@](O)(Cc3ccc(O[C@@H]4O[C@H](CO)[C@@H](O)[C@H](O)[C@H]4O)c(OC)c3)[C@@H]2CO)ccc1O. The monoisotopic (exact) mass is 538 g/mol. The lowest BCUT2D eigenvalue weighted by Crippen LogP contribution is -2.60. The molecule has 0 aliphatic carbocycles. The van der Waals surface area contributed by atoms with E-state index in [-0.39, 0.29) is 42.6 Å². The number of hydrogen-bond donors (Lipinski definition) is 7. The normalized spacial score (nSPS) is 33.2. The Morgan fingerprint density at radius 2 is 1.63 bits per heavy atom. The van der Waals surface area contributed by atoms with Crippen LogP contribution in [0.2, 0.25) is 0 Å². The third-order valence-corrected chi connectivity index (χ3v) is 7.13. The van der Waals surface area contributed by atoms with Gasteiger partial charge < -0.3 is 59.4 Å². The number of aromatic hydroxyl groups is 1. The number of benzene rings is 2. The smallest absolute Gasteiger partial charge is 0.229 e. The van der Waals surface area contributed by atoms with Crippen molar-refractivity contribution < 1.29 is 59.4 Å². The summed E-state index contributed by atoms with van der Waals surface area (Å²) in [7, 11) is 2.82. The molecule has 2 aliphatic rings. The fourth-order valence-electron chi connectivity index (χ4n) is 4.95. The highest BCUT2D eigenvalue weighted by molar-refractivity contribution is 5.45. The van der Waals surface area contributed by atoms with Crippen molar-refractivity contribution in [1.29, 1.82) is 0 Å². The summed E-state index contributed by atoms with van der Waals surface area (Å²) in [5, 5.41) is 71.2. The Hall–Kier alpha value is -2.68. The first kappa shape index (κ1) is 28.3. The third-order valence-electron chi connectivity index (χ3n) is 7.13. The van der Waals surface area contributed by atoms with E-state index in [9.17, 15) is 35.7 Å². The van der Waals surface area contributed by atoms with Crippen molar-refractivity contribution in [3.63, 3.8) is 0 Å². The first-order valence-electron chi connectivity index (χ1n) is 12.1. The van der Waals surface area contributed by atoms with Crippen molar-refractivity contribution in [3.8, 4) is 23.0 Å². The first-order valence-corrected chi connectivity index (χ1v) is 12.1. The van der Waals surface area contributed by atoms with Crippen molar-refractivity contribution in [3.05, 3.63) is 47.5 Å². The number of methoxy groups -OCH3 is 2. The molecule has 8 atom stereocenters. The van der Waals surface area contributed by atoms with Gasteiger partial charge in [0.1, 0.15) is 24.4 Å². The number of rotatable bonds is 9. The van der Waals surface area contributed by atoms with Crippen molar-refractivity contribution in [1.82, 2.24) is 0 Å². The van der Waals surface area contributed by atoms with Crippen LogP contribution in [0.15, 0.2) is 36.4 Å². The van der Waals surface area contributed by atoms with Gasteiger partial charge >= 0.3 is 0 Å². The number of aliphatic hydroxyl groups excluding tert-OH is 5. The molecule has 0 bridgehead atoms. The molecule has 2 heterocycles. The maximum atomic E-state index is 11.5. The lowest BCUT2D eigenvalue weighted by atomic mass is 9.80. The molecule has 7 N–H and O–H groups in total. The molecule has 0 spiro atoms. The lowest BCUT2D eigenvalue weighted by Gasteiger charge is -2.39. The molecule has 0 amide bonds. The summed E-state index contributed by atoms with van der Waals surface area (Å²) in [5.41, 5.74) is -0.165. The molecule has 12 heteroatoms. The number of hydrogen-bond acceptors (Lipinski definition) is 12. The van der Waals surface area contributed by atoms with Crippen LogP contribution in [0.5, 0.6) is 23.0 Å². The second kappa shape index (κ2) is 11.6. The number of phenolic OH excluding ortho intramolecular Hbond substituents is 1. The van der Waals surface area contributed by atoms with Crippen LogP contribution in [0.25, 0.3) is 0 Å². The molecule has 12 nitrogen and oxygen atoms in total. The van der Waals surface area contributed by atoms with E-state index < -0.39 is 54.9 Å². The summed E-state index contributed by atoms with van der Waals surface area (Å²) in [4.78, 5) is 0. The van der Waals surface area contributed by atoms with Crippen LogP contribution in [0.4, 0.5) is 0 Å². The molecule has 210 valence electrons. The molecular weight excluding hydrogens is 504 g/mol. The Bertz CT molecular complexity index is 1090. The van der Waals surface area contributed by atoms with E-state index in [4.69, 9.17) is 23.7 Å². The molecular formula is C26H34O12. The summed E-state index contributed by atoms with van der Waals surface area (Å²) in [5.74, 6) is -0.0840. The predicted molar refractivity (Wildman–Crippen MR) is 130 cm³/mol. The largest absolute Gasteiger partial charge is 0.504 e. The van der Waals surface area contributed by atoms with E-state index in [1.54, 1.807) is 24.3 Å². The first-order chi connectivity index (χ1) is 18.1. The van der Waals surface area contributed by atoms with E-state index >= 15 is 0 Å². The van der Waals surface area contributed by atoms with Gasteiger partial charge in [-0.3, -0.25) is 0 Å². The second-order valence-corrected chi connectivity index (χ2v) is 9.53. The molecule has 0 saturated carbocycles. The Labute approximate surface area is 219 Å². The van der Waals surface area contributed by atoms with Gasteiger partial charge in [0.25, 0.3) is 0 Å². The van der Waals surface area contributed by atoms with Crippen LogP contribution in [-0.4, -0.2) is 106 Å². The highest BCUT2D eigenvalue weighted by Crippen LogP contribution is 2.44. The van der Waals surface area contributed by atoms with Crippen LogP contribution in [-0.2, 0) is 15.9 Å². The van der Waals surface area contributed by atoms with E-state index in [1.165, 1.54) is 26.4 Å². The van der Waals surface area contributed by atoms with Gasteiger partial charge in [0.05, 0.1) is 45.7 Å². The average molecular weight is 539 g/mol. The molecule has 0 aromatic heterocycles. The molecule has 2 aromatic rings. The van der Waals surface area contributed by atoms with Gasteiger partial charge in [0, 0.05) is 12.3 Å². The summed E-state index contributed by atoms with van der Waals surface area (Å²) in [6.07, 6.45) is -7.76. The Balaban J connectivity index is 1.52. The van der Waals surface area contributed by atoms with Gasteiger partial charge in [0.15, 0.2) is 23.0 Å². The van der Waals surface area contributed by atoms with Gasteiger partial charge in [-0.1, -0.05) is 12.1 Å². The fraction of sp³-hybridized carbons (Fsp3) is 0.538. The molecule has 2 aliphatic heterocycles. The maximum Gasteiger partial charge on any atom is 0.229 e. The van der Waals surface area contributed by atoms with E-state index in [0.717, 1.165) is 0 Å². The van der Waals surface area contributed by atoms with Crippen LogP contribution in [0.3, 0.4) is 0 Å².